The maximum absolute atomic E-state index is 11.1. The maximum atomic E-state index is 11.1. The number of carbonyl (C=O) groups excluding carboxylic acids is 1. The molecule has 0 fully saturated rings. The first-order valence-electron chi connectivity index (χ1n) is 4.83. The summed E-state index contributed by atoms with van der Waals surface area (Å²) in [5.74, 6) is -0.120. The minimum atomic E-state index is -0.670. The highest BCUT2D eigenvalue weighted by atomic mass is 17.2. The van der Waals surface area contributed by atoms with E-state index in [0.717, 1.165) is 0 Å². The molecule has 1 atom stereocenters. The summed E-state index contributed by atoms with van der Waals surface area (Å²) in [5, 5.41) is 9.17. The second kappa shape index (κ2) is 6.03. The van der Waals surface area contributed by atoms with Gasteiger partial charge in [-0.1, -0.05) is 25.1 Å². The number of para-hydroxylation sites is 1. The number of benzene rings is 1. The van der Waals surface area contributed by atoms with Gasteiger partial charge in [0.15, 0.2) is 5.75 Å². The Balaban J connectivity index is 2.29. The number of aliphatic hydroxyl groups is 1. The highest BCUT2D eigenvalue weighted by Gasteiger charge is 2.11. The van der Waals surface area contributed by atoms with Gasteiger partial charge in [0.1, 0.15) is 0 Å². The van der Waals surface area contributed by atoms with Crippen LogP contribution in [0.5, 0.6) is 5.75 Å². The summed E-state index contributed by atoms with van der Waals surface area (Å²) in [6.45, 7) is 1.79. The smallest absolute Gasteiger partial charge is 0.358 e. The first-order valence-corrected chi connectivity index (χ1v) is 4.83. The Morgan fingerprint density at radius 3 is 2.67 bits per heavy atom. The number of hydrogen-bond donors (Lipinski definition) is 1. The Morgan fingerprint density at radius 1 is 1.40 bits per heavy atom. The van der Waals surface area contributed by atoms with Crippen molar-refractivity contribution in [2.45, 2.75) is 25.9 Å². The molecule has 1 aromatic carbocycles. The molecule has 0 aliphatic carbocycles. The summed E-state index contributed by atoms with van der Waals surface area (Å²) in [6, 6.07) is 8.71. The molecule has 82 valence electrons. The molecule has 1 aromatic rings. The molecule has 0 saturated heterocycles. The van der Waals surface area contributed by atoms with Crippen molar-refractivity contribution in [2.75, 3.05) is 0 Å². The minimum Gasteiger partial charge on any atom is -0.393 e. The van der Waals surface area contributed by atoms with Crippen molar-refractivity contribution in [1.29, 1.82) is 0 Å². The van der Waals surface area contributed by atoms with Crippen LogP contribution in [0.4, 0.5) is 0 Å². The van der Waals surface area contributed by atoms with Gasteiger partial charge in [-0.3, -0.25) is 9.78 Å². The second-order valence-corrected chi connectivity index (χ2v) is 3.12. The Kier molecular flexibility index (Phi) is 4.63. The van der Waals surface area contributed by atoms with Crippen molar-refractivity contribution in [2.24, 2.45) is 0 Å². The van der Waals surface area contributed by atoms with Crippen molar-refractivity contribution in [3.05, 3.63) is 30.3 Å². The lowest BCUT2D eigenvalue weighted by atomic mass is 10.2. The summed E-state index contributed by atoms with van der Waals surface area (Å²) >= 11 is 0. The molecular formula is C11H14O4. The van der Waals surface area contributed by atoms with Gasteiger partial charge in [-0.05, 0) is 18.6 Å². The molecule has 0 amide bonds. The maximum Gasteiger partial charge on any atom is 0.358 e. The monoisotopic (exact) mass is 210 g/mol. The minimum absolute atomic E-state index is 0.0522. The Morgan fingerprint density at radius 2 is 2.07 bits per heavy atom. The fraction of sp³-hybridized carbons (Fsp3) is 0.364. The van der Waals surface area contributed by atoms with Crippen molar-refractivity contribution >= 4 is 5.97 Å². The number of rotatable bonds is 5. The molecule has 0 heterocycles. The number of hydrogen-bond acceptors (Lipinski definition) is 4. The van der Waals surface area contributed by atoms with Gasteiger partial charge in [0.25, 0.3) is 0 Å². The van der Waals surface area contributed by atoms with E-state index in [-0.39, 0.29) is 6.42 Å². The molecule has 0 aliphatic heterocycles. The fourth-order valence-electron chi connectivity index (χ4n) is 0.941. The van der Waals surface area contributed by atoms with E-state index in [9.17, 15) is 4.79 Å². The summed E-state index contributed by atoms with van der Waals surface area (Å²) in [6.07, 6.45) is -0.207. The summed E-state index contributed by atoms with van der Waals surface area (Å²) in [4.78, 5) is 20.3. The average Bonchev–Trinajstić information content (AvgIpc) is 2.27. The largest absolute Gasteiger partial charge is 0.393 e. The van der Waals surface area contributed by atoms with Gasteiger partial charge in [-0.2, -0.15) is 0 Å². The fourth-order valence-corrected chi connectivity index (χ4v) is 0.941. The summed E-state index contributed by atoms with van der Waals surface area (Å²) in [5.41, 5.74) is 0. The zero-order valence-corrected chi connectivity index (χ0v) is 8.55. The third-order valence-electron chi connectivity index (χ3n) is 1.85. The van der Waals surface area contributed by atoms with Crippen LogP contribution in [0.25, 0.3) is 0 Å². The van der Waals surface area contributed by atoms with Crippen LogP contribution in [0.2, 0.25) is 0 Å². The standard InChI is InChI=1S/C11H14O4/c1-2-9(12)8-11(13)15-14-10-6-4-3-5-7-10/h3-7,9,12H,2,8H2,1H3. The third kappa shape index (κ3) is 4.46. The van der Waals surface area contributed by atoms with Crippen LogP contribution in [0.15, 0.2) is 30.3 Å². The lowest BCUT2D eigenvalue weighted by molar-refractivity contribution is -0.215. The normalized spacial score (nSPS) is 11.9. The van der Waals surface area contributed by atoms with E-state index in [1.807, 2.05) is 6.07 Å². The van der Waals surface area contributed by atoms with E-state index in [4.69, 9.17) is 9.99 Å². The molecule has 4 heteroatoms. The Labute approximate surface area is 88.4 Å². The van der Waals surface area contributed by atoms with Gasteiger partial charge in [0.05, 0.1) is 12.5 Å². The number of aliphatic hydroxyl groups excluding tert-OH is 1. The quantitative estimate of drug-likeness (QED) is 0.593. The van der Waals surface area contributed by atoms with Gasteiger partial charge in [-0.15, -0.1) is 0 Å². The molecule has 0 aromatic heterocycles. The van der Waals surface area contributed by atoms with Crippen LogP contribution >= 0.6 is 0 Å². The van der Waals surface area contributed by atoms with Crippen LogP contribution in [0.3, 0.4) is 0 Å². The first kappa shape index (κ1) is 11.5. The molecule has 0 bridgehead atoms. The molecular weight excluding hydrogens is 196 g/mol. The van der Waals surface area contributed by atoms with Crippen LogP contribution < -0.4 is 4.89 Å². The molecule has 0 aliphatic rings. The predicted octanol–water partition coefficient (Wildman–Crippen LogP) is 1.68. The molecule has 1 unspecified atom stereocenters. The lowest BCUT2D eigenvalue weighted by Crippen LogP contribution is -2.16. The van der Waals surface area contributed by atoms with E-state index in [2.05, 4.69) is 4.89 Å². The van der Waals surface area contributed by atoms with E-state index < -0.39 is 12.1 Å². The second-order valence-electron chi connectivity index (χ2n) is 3.12. The van der Waals surface area contributed by atoms with Gasteiger partial charge in [-0.25, -0.2) is 4.79 Å². The topological polar surface area (TPSA) is 55.8 Å². The van der Waals surface area contributed by atoms with E-state index in [1.54, 1.807) is 31.2 Å². The zero-order chi connectivity index (χ0) is 11.1. The number of carbonyl (C=O) groups is 1. The zero-order valence-electron chi connectivity index (χ0n) is 8.55. The van der Waals surface area contributed by atoms with Crippen molar-refractivity contribution < 1.29 is 19.7 Å². The van der Waals surface area contributed by atoms with Crippen molar-refractivity contribution in [1.82, 2.24) is 0 Å². The van der Waals surface area contributed by atoms with E-state index in [1.165, 1.54) is 0 Å². The lowest BCUT2D eigenvalue weighted by Gasteiger charge is -2.06. The molecule has 15 heavy (non-hydrogen) atoms. The van der Waals surface area contributed by atoms with Gasteiger partial charge in [0, 0.05) is 0 Å². The SMILES string of the molecule is CCC(O)CC(=O)OOc1ccccc1. The molecule has 0 radical (unpaired) electrons. The van der Waals surface area contributed by atoms with Gasteiger partial charge in [0.2, 0.25) is 0 Å². The molecule has 1 rings (SSSR count). The molecule has 1 N–H and O–H groups in total. The van der Waals surface area contributed by atoms with Gasteiger partial charge >= 0.3 is 5.97 Å². The van der Waals surface area contributed by atoms with Crippen LogP contribution in [-0.2, 0) is 9.68 Å². The highest BCUT2D eigenvalue weighted by Crippen LogP contribution is 2.09. The van der Waals surface area contributed by atoms with Gasteiger partial charge < -0.3 is 5.11 Å². The summed E-state index contributed by atoms with van der Waals surface area (Å²) < 4.78 is 0. The third-order valence-corrected chi connectivity index (χ3v) is 1.85. The van der Waals surface area contributed by atoms with Crippen LogP contribution in [0.1, 0.15) is 19.8 Å². The molecule has 0 saturated carbocycles. The van der Waals surface area contributed by atoms with Crippen molar-refractivity contribution in [3.63, 3.8) is 0 Å². The van der Waals surface area contributed by atoms with Crippen molar-refractivity contribution in [3.8, 4) is 5.75 Å². The Bertz CT molecular complexity index is 297. The Hall–Kier alpha value is -1.55. The van der Waals surface area contributed by atoms with Crippen LogP contribution in [-0.4, -0.2) is 17.2 Å². The first-order chi connectivity index (χ1) is 7.22. The highest BCUT2D eigenvalue weighted by molar-refractivity contribution is 5.69. The van der Waals surface area contributed by atoms with E-state index >= 15 is 0 Å². The van der Waals surface area contributed by atoms with Crippen LogP contribution in [0, 0.1) is 0 Å². The average molecular weight is 210 g/mol. The summed E-state index contributed by atoms with van der Waals surface area (Å²) in [7, 11) is 0. The predicted molar refractivity (Wildman–Crippen MR) is 54.1 cm³/mol. The van der Waals surface area contributed by atoms with E-state index in [0.29, 0.717) is 12.2 Å². The molecule has 4 nitrogen and oxygen atoms in total. The molecule has 0 spiro atoms.